The van der Waals surface area contributed by atoms with Crippen LogP contribution in [0, 0.1) is 13.8 Å². The third-order valence-electron chi connectivity index (χ3n) is 4.58. The van der Waals surface area contributed by atoms with Crippen LogP contribution in [0.5, 0.6) is 0 Å². The van der Waals surface area contributed by atoms with Crippen molar-refractivity contribution >= 4 is 0 Å². The summed E-state index contributed by atoms with van der Waals surface area (Å²) in [5, 5.41) is 0. The highest BCUT2D eigenvalue weighted by Crippen LogP contribution is 2.39. The predicted octanol–water partition coefficient (Wildman–Crippen LogP) is 5.66. The van der Waals surface area contributed by atoms with E-state index in [0.717, 1.165) is 0 Å². The third-order valence-corrected chi connectivity index (χ3v) is 4.58. The first-order valence-corrected chi connectivity index (χ1v) is 7.80. The van der Waals surface area contributed by atoms with Gasteiger partial charge in [0, 0.05) is 5.41 Å². The molecule has 3 aromatic carbocycles. The summed E-state index contributed by atoms with van der Waals surface area (Å²) in [6, 6.07) is 28.5. The van der Waals surface area contributed by atoms with Gasteiger partial charge in [-0.3, -0.25) is 0 Å². The molecule has 22 heavy (non-hydrogen) atoms. The summed E-state index contributed by atoms with van der Waals surface area (Å²) in [5.41, 5.74) is 6.44. The van der Waals surface area contributed by atoms with E-state index < -0.39 is 0 Å². The lowest BCUT2D eigenvalue weighted by atomic mass is 9.71. The third kappa shape index (κ3) is 2.57. The van der Waals surface area contributed by atoms with E-state index in [0.29, 0.717) is 0 Å². The van der Waals surface area contributed by atoms with Gasteiger partial charge in [0.25, 0.3) is 0 Å². The summed E-state index contributed by atoms with van der Waals surface area (Å²) < 4.78 is 0. The Labute approximate surface area is 133 Å². The van der Waals surface area contributed by atoms with Crippen molar-refractivity contribution in [2.24, 2.45) is 0 Å². The average molecular weight is 286 g/mol. The first-order chi connectivity index (χ1) is 10.6. The first-order valence-electron chi connectivity index (χ1n) is 7.80. The van der Waals surface area contributed by atoms with Crippen LogP contribution >= 0.6 is 0 Å². The largest absolute Gasteiger partial charge is 0.0622 e. The second-order valence-corrected chi connectivity index (χ2v) is 6.23. The van der Waals surface area contributed by atoms with Gasteiger partial charge in [0.2, 0.25) is 0 Å². The maximum atomic E-state index is 2.32. The zero-order valence-corrected chi connectivity index (χ0v) is 13.5. The lowest BCUT2D eigenvalue weighted by molar-refractivity contribution is 0.691. The van der Waals surface area contributed by atoms with Gasteiger partial charge in [-0.15, -0.1) is 0 Å². The van der Waals surface area contributed by atoms with Crippen LogP contribution in [0.2, 0.25) is 0 Å². The molecular formula is C22H22. The molecule has 0 fully saturated rings. The summed E-state index contributed by atoms with van der Waals surface area (Å²) in [4.78, 5) is 0. The van der Waals surface area contributed by atoms with Crippen molar-refractivity contribution in [2.45, 2.75) is 26.2 Å². The number of aryl methyl sites for hydroxylation is 2. The standard InChI is InChI=1S/C22H22/c1-17-12-14-20(15-13-17)22(3,19-9-5-4-6-10-19)21-11-7-8-18(2)16-21/h4-16H,1-3H3. The molecule has 3 aromatic rings. The highest BCUT2D eigenvalue weighted by Gasteiger charge is 2.30. The van der Waals surface area contributed by atoms with Gasteiger partial charge < -0.3 is 0 Å². The molecule has 3 rings (SSSR count). The van der Waals surface area contributed by atoms with E-state index in [4.69, 9.17) is 0 Å². The fraction of sp³-hybridized carbons (Fsp3) is 0.182. The molecule has 0 bridgehead atoms. The van der Waals surface area contributed by atoms with Crippen molar-refractivity contribution in [3.8, 4) is 0 Å². The molecular weight excluding hydrogens is 264 g/mol. The number of benzene rings is 3. The Morgan fingerprint density at radius 3 is 1.77 bits per heavy atom. The molecule has 0 saturated carbocycles. The lowest BCUT2D eigenvalue weighted by Gasteiger charge is -2.32. The SMILES string of the molecule is Cc1ccc(C(C)(c2ccccc2)c2cccc(C)c2)cc1. The Morgan fingerprint density at radius 1 is 0.545 bits per heavy atom. The maximum Gasteiger partial charge on any atom is 0.0423 e. The molecule has 0 radical (unpaired) electrons. The Balaban J connectivity index is 2.24. The van der Waals surface area contributed by atoms with E-state index >= 15 is 0 Å². The summed E-state index contributed by atoms with van der Waals surface area (Å²) in [6.07, 6.45) is 0. The van der Waals surface area contributed by atoms with E-state index in [1.807, 2.05) is 0 Å². The Morgan fingerprint density at radius 2 is 1.14 bits per heavy atom. The molecule has 0 nitrogen and oxygen atoms in total. The predicted molar refractivity (Wildman–Crippen MR) is 94.4 cm³/mol. The number of hydrogen-bond donors (Lipinski definition) is 0. The zero-order chi connectivity index (χ0) is 15.6. The summed E-state index contributed by atoms with van der Waals surface area (Å²) >= 11 is 0. The molecule has 0 heteroatoms. The average Bonchev–Trinajstić information content (AvgIpc) is 2.55. The van der Waals surface area contributed by atoms with Crippen LogP contribution in [-0.4, -0.2) is 0 Å². The lowest BCUT2D eigenvalue weighted by Crippen LogP contribution is -2.25. The monoisotopic (exact) mass is 286 g/mol. The van der Waals surface area contributed by atoms with Crippen LogP contribution in [0.1, 0.15) is 34.7 Å². The topological polar surface area (TPSA) is 0 Å². The van der Waals surface area contributed by atoms with Crippen LogP contribution in [0.4, 0.5) is 0 Å². The summed E-state index contributed by atoms with van der Waals surface area (Å²) in [7, 11) is 0. The van der Waals surface area contributed by atoms with Gasteiger partial charge in [0.05, 0.1) is 0 Å². The van der Waals surface area contributed by atoms with Crippen molar-refractivity contribution in [2.75, 3.05) is 0 Å². The molecule has 0 spiro atoms. The van der Waals surface area contributed by atoms with Crippen LogP contribution in [0.25, 0.3) is 0 Å². The molecule has 0 aliphatic carbocycles. The highest BCUT2D eigenvalue weighted by atomic mass is 14.3. The fourth-order valence-electron chi connectivity index (χ4n) is 3.11. The van der Waals surface area contributed by atoms with Crippen molar-refractivity contribution in [3.05, 3.63) is 107 Å². The number of rotatable bonds is 3. The summed E-state index contributed by atoms with van der Waals surface area (Å²) in [5.74, 6) is 0. The second-order valence-electron chi connectivity index (χ2n) is 6.23. The van der Waals surface area contributed by atoms with Gasteiger partial charge in [-0.1, -0.05) is 90.0 Å². The summed E-state index contributed by atoms with van der Waals surface area (Å²) in [6.45, 7) is 6.61. The highest BCUT2D eigenvalue weighted by molar-refractivity contribution is 5.50. The van der Waals surface area contributed by atoms with Crippen molar-refractivity contribution in [1.82, 2.24) is 0 Å². The molecule has 1 unspecified atom stereocenters. The van der Waals surface area contributed by atoms with Gasteiger partial charge in [-0.25, -0.2) is 0 Å². The molecule has 0 saturated heterocycles. The van der Waals surface area contributed by atoms with Crippen molar-refractivity contribution in [3.63, 3.8) is 0 Å². The van der Waals surface area contributed by atoms with E-state index in [-0.39, 0.29) is 5.41 Å². The minimum atomic E-state index is -0.138. The van der Waals surface area contributed by atoms with Gasteiger partial charge in [-0.2, -0.15) is 0 Å². The van der Waals surface area contributed by atoms with Crippen LogP contribution in [0.3, 0.4) is 0 Å². The van der Waals surface area contributed by atoms with Crippen LogP contribution in [0.15, 0.2) is 78.9 Å². The molecule has 1 atom stereocenters. The normalized spacial score (nSPS) is 13.6. The molecule has 0 amide bonds. The van der Waals surface area contributed by atoms with E-state index in [1.165, 1.54) is 27.8 Å². The minimum absolute atomic E-state index is 0.138. The van der Waals surface area contributed by atoms with Gasteiger partial charge in [-0.05, 0) is 37.5 Å². The molecule has 0 heterocycles. The molecule has 0 aromatic heterocycles. The molecule has 0 aliphatic rings. The molecule has 0 N–H and O–H groups in total. The van der Waals surface area contributed by atoms with E-state index in [9.17, 15) is 0 Å². The van der Waals surface area contributed by atoms with E-state index in [1.54, 1.807) is 0 Å². The zero-order valence-electron chi connectivity index (χ0n) is 13.5. The first kappa shape index (κ1) is 14.6. The Bertz CT molecular complexity index is 754. The maximum absolute atomic E-state index is 2.32. The minimum Gasteiger partial charge on any atom is -0.0622 e. The van der Waals surface area contributed by atoms with Gasteiger partial charge in [0.1, 0.15) is 0 Å². The van der Waals surface area contributed by atoms with Crippen LogP contribution in [-0.2, 0) is 5.41 Å². The second kappa shape index (κ2) is 5.81. The van der Waals surface area contributed by atoms with Crippen molar-refractivity contribution in [1.29, 1.82) is 0 Å². The molecule has 110 valence electrons. The smallest absolute Gasteiger partial charge is 0.0423 e. The van der Waals surface area contributed by atoms with Gasteiger partial charge in [0.15, 0.2) is 0 Å². The van der Waals surface area contributed by atoms with E-state index in [2.05, 4.69) is 99.6 Å². The Hall–Kier alpha value is -2.34. The van der Waals surface area contributed by atoms with Gasteiger partial charge >= 0.3 is 0 Å². The molecule has 0 aliphatic heterocycles. The quantitative estimate of drug-likeness (QED) is 0.545. The Kier molecular flexibility index (Phi) is 3.85. The van der Waals surface area contributed by atoms with Crippen LogP contribution < -0.4 is 0 Å². The van der Waals surface area contributed by atoms with Crippen molar-refractivity contribution < 1.29 is 0 Å². The fourth-order valence-corrected chi connectivity index (χ4v) is 3.11. The number of hydrogen-bond acceptors (Lipinski definition) is 0.